The molecular formula is C26H25FN4OS2. The minimum atomic E-state index is -0.460. The number of nitrogens with one attached hydrogen (secondary N) is 1. The molecule has 0 spiro atoms. The number of carbonyl (C=O) groups is 1. The number of aryl methyl sites for hydroxylation is 1. The van der Waals surface area contributed by atoms with Crippen LogP contribution in [0.5, 0.6) is 0 Å². The number of amides is 1. The molecule has 4 rings (SSSR count). The van der Waals surface area contributed by atoms with E-state index in [0.717, 1.165) is 16.4 Å². The molecule has 0 fully saturated rings. The maximum Gasteiger partial charge on any atom is 0.238 e. The van der Waals surface area contributed by atoms with Gasteiger partial charge in [0.1, 0.15) is 11.6 Å². The third kappa shape index (κ3) is 5.87. The molecule has 0 saturated heterocycles. The van der Waals surface area contributed by atoms with Gasteiger partial charge in [-0.2, -0.15) is 0 Å². The fourth-order valence-electron chi connectivity index (χ4n) is 3.31. The number of anilines is 1. The smallest absolute Gasteiger partial charge is 0.238 e. The van der Waals surface area contributed by atoms with Gasteiger partial charge in [0.25, 0.3) is 0 Å². The van der Waals surface area contributed by atoms with E-state index in [2.05, 4.69) is 46.7 Å². The van der Waals surface area contributed by atoms with E-state index in [1.165, 1.54) is 23.4 Å². The van der Waals surface area contributed by atoms with Gasteiger partial charge in [-0.3, -0.25) is 9.36 Å². The molecule has 1 N–H and O–H groups in total. The van der Waals surface area contributed by atoms with Crippen LogP contribution in [0.25, 0.3) is 5.69 Å². The average molecular weight is 493 g/mol. The number of para-hydroxylation sites is 2. The van der Waals surface area contributed by atoms with Crippen LogP contribution < -0.4 is 5.32 Å². The standard InChI is InChI=1S/C26H25FN4OS2/c1-3-23(25(32)28-22-12-8-7-11-21(22)27)34-26-30-29-24(31(26)19-9-5-4-6-10-19)17-33-20-15-13-18(2)14-16-20/h4-16,23H,3,17H2,1-2H3,(H,28,32). The molecule has 0 bridgehead atoms. The summed E-state index contributed by atoms with van der Waals surface area (Å²) in [6.45, 7) is 3.99. The number of benzene rings is 3. The highest BCUT2D eigenvalue weighted by atomic mass is 32.2. The predicted octanol–water partition coefficient (Wildman–Crippen LogP) is 6.52. The van der Waals surface area contributed by atoms with Crippen molar-refractivity contribution in [3.8, 4) is 5.69 Å². The van der Waals surface area contributed by atoms with Gasteiger partial charge in [-0.25, -0.2) is 4.39 Å². The predicted molar refractivity (Wildman–Crippen MR) is 137 cm³/mol. The third-order valence-electron chi connectivity index (χ3n) is 5.15. The van der Waals surface area contributed by atoms with Gasteiger partial charge < -0.3 is 5.32 Å². The van der Waals surface area contributed by atoms with Crippen LogP contribution in [0.1, 0.15) is 24.7 Å². The van der Waals surface area contributed by atoms with E-state index < -0.39 is 11.1 Å². The zero-order valence-corrected chi connectivity index (χ0v) is 20.6. The first-order valence-electron chi connectivity index (χ1n) is 11.0. The van der Waals surface area contributed by atoms with Crippen LogP contribution in [0.2, 0.25) is 0 Å². The Bertz CT molecular complexity index is 1250. The van der Waals surface area contributed by atoms with Crippen molar-refractivity contribution in [2.24, 2.45) is 0 Å². The van der Waals surface area contributed by atoms with E-state index in [4.69, 9.17) is 0 Å². The van der Waals surface area contributed by atoms with E-state index in [1.807, 2.05) is 41.8 Å². The normalized spacial score (nSPS) is 11.9. The fraction of sp³-hybridized carbons (Fsp3) is 0.192. The Morgan fingerprint density at radius 2 is 1.71 bits per heavy atom. The Morgan fingerprint density at radius 1 is 1.00 bits per heavy atom. The molecule has 3 aromatic carbocycles. The first-order chi connectivity index (χ1) is 16.5. The first kappa shape index (κ1) is 24.0. The number of rotatable bonds is 9. The second-order valence-corrected chi connectivity index (χ2v) is 9.87. The number of halogens is 1. The number of hydrogen-bond donors (Lipinski definition) is 1. The molecule has 34 heavy (non-hydrogen) atoms. The highest BCUT2D eigenvalue weighted by Gasteiger charge is 2.24. The Balaban J connectivity index is 1.57. The molecule has 174 valence electrons. The van der Waals surface area contributed by atoms with Crippen molar-refractivity contribution in [1.29, 1.82) is 0 Å². The highest BCUT2D eigenvalue weighted by molar-refractivity contribution is 8.00. The van der Waals surface area contributed by atoms with Crippen molar-refractivity contribution >= 4 is 35.1 Å². The van der Waals surface area contributed by atoms with Gasteiger partial charge in [0.2, 0.25) is 5.91 Å². The molecule has 0 aliphatic heterocycles. The van der Waals surface area contributed by atoms with Crippen LogP contribution in [0.15, 0.2) is 88.9 Å². The summed E-state index contributed by atoms with van der Waals surface area (Å²) in [6, 6.07) is 24.4. The molecule has 0 aliphatic carbocycles. The molecule has 0 saturated carbocycles. The van der Waals surface area contributed by atoms with Crippen LogP contribution >= 0.6 is 23.5 Å². The highest BCUT2D eigenvalue weighted by Crippen LogP contribution is 2.31. The van der Waals surface area contributed by atoms with Crippen LogP contribution in [0.4, 0.5) is 10.1 Å². The van der Waals surface area contributed by atoms with Gasteiger partial charge in [-0.15, -0.1) is 22.0 Å². The largest absolute Gasteiger partial charge is 0.323 e. The van der Waals surface area contributed by atoms with Gasteiger partial charge in [0.05, 0.1) is 16.7 Å². The summed E-state index contributed by atoms with van der Waals surface area (Å²) >= 11 is 3.02. The van der Waals surface area contributed by atoms with Crippen molar-refractivity contribution in [1.82, 2.24) is 14.8 Å². The Hall–Kier alpha value is -3.10. The number of carbonyl (C=O) groups excluding carboxylic acids is 1. The minimum Gasteiger partial charge on any atom is -0.323 e. The van der Waals surface area contributed by atoms with E-state index in [-0.39, 0.29) is 11.6 Å². The summed E-state index contributed by atoms with van der Waals surface area (Å²) in [6.07, 6.45) is 0.556. The molecule has 0 aliphatic rings. The molecule has 1 heterocycles. The zero-order valence-electron chi connectivity index (χ0n) is 18.9. The van der Waals surface area contributed by atoms with Crippen LogP contribution in [-0.4, -0.2) is 25.9 Å². The lowest BCUT2D eigenvalue weighted by Gasteiger charge is -2.16. The van der Waals surface area contributed by atoms with Gasteiger partial charge in [0.15, 0.2) is 5.16 Å². The molecular weight excluding hydrogens is 467 g/mol. The fourth-order valence-corrected chi connectivity index (χ4v) is 5.12. The third-order valence-corrected chi connectivity index (χ3v) is 7.46. The van der Waals surface area contributed by atoms with Crippen molar-refractivity contribution < 1.29 is 9.18 Å². The molecule has 8 heteroatoms. The molecule has 4 aromatic rings. The van der Waals surface area contributed by atoms with E-state index >= 15 is 0 Å². The molecule has 1 unspecified atom stereocenters. The van der Waals surface area contributed by atoms with Gasteiger partial charge in [-0.05, 0) is 49.7 Å². The minimum absolute atomic E-state index is 0.172. The summed E-state index contributed by atoms with van der Waals surface area (Å²) in [5.41, 5.74) is 2.32. The SMILES string of the molecule is CCC(Sc1nnc(CSc2ccc(C)cc2)n1-c1ccccc1)C(=O)Nc1ccccc1F. The topological polar surface area (TPSA) is 59.8 Å². The lowest BCUT2D eigenvalue weighted by Crippen LogP contribution is -2.25. The lowest BCUT2D eigenvalue weighted by molar-refractivity contribution is -0.115. The van der Waals surface area contributed by atoms with Crippen LogP contribution in [-0.2, 0) is 10.5 Å². The first-order valence-corrected chi connectivity index (χ1v) is 12.8. The summed E-state index contributed by atoms with van der Waals surface area (Å²) in [5, 5.41) is 11.7. The van der Waals surface area contributed by atoms with E-state index in [1.54, 1.807) is 30.0 Å². The van der Waals surface area contributed by atoms with E-state index in [0.29, 0.717) is 17.3 Å². The summed E-state index contributed by atoms with van der Waals surface area (Å²) in [7, 11) is 0. The summed E-state index contributed by atoms with van der Waals surface area (Å²) in [5.74, 6) is 0.696. The number of nitrogens with zero attached hydrogens (tertiary/aromatic N) is 3. The monoisotopic (exact) mass is 492 g/mol. The van der Waals surface area contributed by atoms with Gasteiger partial charge >= 0.3 is 0 Å². The molecule has 1 aromatic heterocycles. The second-order valence-electron chi connectivity index (χ2n) is 7.66. The Labute approximate surface area is 207 Å². The quantitative estimate of drug-likeness (QED) is 0.270. The lowest BCUT2D eigenvalue weighted by atomic mass is 10.2. The molecule has 1 amide bonds. The summed E-state index contributed by atoms with van der Waals surface area (Å²) in [4.78, 5) is 14.1. The van der Waals surface area contributed by atoms with Crippen LogP contribution in [0, 0.1) is 12.7 Å². The van der Waals surface area contributed by atoms with Crippen molar-refractivity contribution in [3.63, 3.8) is 0 Å². The van der Waals surface area contributed by atoms with Crippen molar-refractivity contribution in [2.45, 2.75) is 41.3 Å². The van der Waals surface area contributed by atoms with E-state index in [9.17, 15) is 9.18 Å². The molecule has 1 atom stereocenters. The van der Waals surface area contributed by atoms with Crippen molar-refractivity contribution in [2.75, 3.05) is 5.32 Å². The summed E-state index contributed by atoms with van der Waals surface area (Å²) < 4.78 is 16.0. The number of hydrogen-bond acceptors (Lipinski definition) is 5. The molecule has 0 radical (unpaired) electrons. The molecule has 5 nitrogen and oxygen atoms in total. The average Bonchev–Trinajstić information content (AvgIpc) is 3.26. The maximum atomic E-state index is 14.0. The van der Waals surface area contributed by atoms with Gasteiger partial charge in [-0.1, -0.05) is 66.7 Å². The Kier molecular flexibility index (Phi) is 8.03. The Morgan fingerprint density at radius 3 is 2.41 bits per heavy atom. The zero-order chi connectivity index (χ0) is 23.9. The van der Waals surface area contributed by atoms with Crippen LogP contribution in [0.3, 0.4) is 0 Å². The number of thioether (sulfide) groups is 2. The maximum absolute atomic E-state index is 14.0. The van der Waals surface area contributed by atoms with Crippen molar-refractivity contribution in [3.05, 3.63) is 96.1 Å². The van der Waals surface area contributed by atoms with Gasteiger partial charge in [0, 0.05) is 10.6 Å². The second kappa shape index (κ2) is 11.4. The number of aromatic nitrogens is 3.